The molecule has 0 aliphatic heterocycles. The first-order chi connectivity index (χ1) is 11.5. The van der Waals surface area contributed by atoms with Crippen LogP contribution in [-0.4, -0.2) is 35.6 Å². The second-order valence-electron chi connectivity index (χ2n) is 5.97. The van der Waals surface area contributed by atoms with E-state index in [2.05, 4.69) is 21.8 Å². The number of aryl methyl sites for hydroxylation is 1. The number of hydrogen-bond acceptors (Lipinski definition) is 2. The molecule has 0 atom stereocenters. The van der Waals surface area contributed by atoms with E-state index in [9.17, 15) is 0 Å². The molecule has 0 saturated heterocycles. The zero-order valence-corrected chi connectivity index (χ0v) is 15.3. The fourth-order valence-corrected chi connectivity index (χ4v) is 2.59. The predicted octanol–water partition coefficient (Wildman–Crippen LogP) is 3.47. The predicted molar refractivity (Wildman–Crippen MR) is 99.4 cm³/mol. The highest BCUT2D eigenvalue weighted by Crippen LogP contribution is 2.14. The molecule has 24 heavy (non-hydrogen) atoms. The molecule has 0 bridgehead atoms. The van der Waals surface area contributed by atoms with E-state index in [-0.39, 0.29) is 0 Å². The van der Waals surface area contributed by atoms with Gasteiger partial charge in [0.05, 0.1) is 24.4 Å². The number of nitrogens with zero attached hydrogens (tertiary/aromatic N) is 3. The van der Waals surface area contributed by atoms with Crippen LogP contribution in [0, 0.1) is 0 Å². The summed E-state index contributed by atoms with van der Waals surface area (Å²) >= 11 is 6.06. The minimum atomic E-state index is 0.599. The second kappa shape index (κ2) is 8.64. The number of guanidine groups is 1. The Balaban J connectivity index is 1.99. The van der Waals surface area contributed by atoms with Crippen molar-refractivity contribution in [2.75, 3.05) is 20.1 Å². The molecule has 2 aromatic rings. The Morgan fingerprint density at radius 2 is 2.29 bits per heavy atom. The summed E-state index contributed by atoms with van der Waals surface area (Å²) < 4.78 is 7.39. The summed E-state index contributed by atoms with van der Waals surface area (Å²) in [6.45, 7) is 7.96. The lowest BCUT2D eigenvalue weighted by Gasteiger charge is -2.23. The smallest absolute Gasteiger partial charge is 0.194 e. The van der Waals surface area contributed by atoms with Crippen molar-refractivity contribution in [1.29, 1.82) is 0 Å². The van der Waals surface area contributed by atoms with E-state index in [4.69, 9.17) is 16.0 Å². The number of nitrogens with one attached hydrogen (secondary N) is 1. The van der Waals surface area contributed by atoms with Crippen molar-refractivity contribution in [3.63, 3.8) is 0 Å². The Bertz CT molecular complexity index is 688. The molecule has 5 nitrogen and oxygen atoms in total. The van der Waals surface area contributed by atoms with E-state index < -0.39 is 0 Å². The highest BCUT2D eigenvalue weighted by Gasteiger charge is 2.10. The molecule has 2 aromatic heterocycles. The quantitative estimate of drug-likeness (QED) is 0.473. The molecule has 2 heterocycles. The summed E-state index contributed by atoms with van der Waals surface area (Å²) in [6, 6.07) is 5.84. The highest BCUT2D eigenvalue weighted by molar-refractivity contribution is 6.30. The zero-order valence-electron chi connectivity index (χ0n) is 14.6. The first kappa shape index (κ1) is 18.2. The van der Waals surface area contributed by atoms with Gasteiger partial charge in [-0.05, 0) is 25.1 Å². The van der Waals surface area contributed by atoms with Gasteiger partial charge in [0.2, 0.25) is 0 Å². The SMILES string of the molecule is C=C(C)CN=C(NCCc1ccco1)N(C)Cc1cc(Cl)cn1C. The van der Waals surface area contributed by atoms with Crippen LogP contribution >= 0.6 is 11.6 Å². The normalized spacial score (nSPS) is 11.6. The number of hydrogen-bond donors (Lipinski definition) is 1. The number of furan rings is 1. The molecule has 0 spiro atoms. The lowest BCUT2D eigenvalue weighted by atomic mass is 10.3. The molecule has 0 saturated carbocycles. The van der Waals surface area contributed by atoms with Gasteiger partial charge in [-0.2, -0.15) is 0 Å². The van der Waals surface area contributed by atoms with E-state index in [0.29, 0.717) is 13.1 Å². The first-order valence-electron chi connectivity index (χ1n) is 7.92. The van der Waals surface area contributed by atoms with Gasteiger partial charge in [-0.1, -0.05) is 23.8 Å². The third kappa shape index (κ3) is 5.49. The molecule has 0 amide bonds. The van der Waals surface area contributed by atoms with Crippen molar-refractivity contribution in [3.05, 3.63) is 59.3 Å². The monoisotopic (exact) mass is 348 g/mol. The molecule has 2 rings (SSSR count). The Hall–Kier alpha value is -2.14. The maximum absolute atomic E-state index is 6.06. The van der Waals surface area contributed by atoms with Crippen LogP contribution in [0.5, 0.6) is 0 Å². The summed E-state index contributed by atoms with van der Waals surface area (Å²) in [5, 5.41) is 4.13. The maximum Gasteiger partial charge on any atom is 0.194 e. The molecule has 0 aromatic carbocycles. The van der Waals surface area contributed by atoms with E-state index in [0.717, 1.165) is 41.0 Å². The van der Waals surface area contributed by atoms with Gasteiger partial charge in [-0.15, -0.1) is 0 Å². The van der Waals surface area contributed by atoms with E-state index in [1.54, 1.807) is 6.26 Å². The summed E-state index contributed by atoms with van der Waals surface area (Å²) in [5.74, 6) is 1.79. The molecule has 130 valence electrons. The lowest BCUT2D eigenvalue weighted by Crippen LogP contribution is -2.40. The topological polar surface area (TPSA) is 45.7 Å². The van der Waals surface area contributed by atoms with Crippen molar-refractivity contribution >= 4 is 17.6 Å². The molecule has 0 aliphatic carbocycles. The van der Waals surface area contributed by atoms with Crippen LogP contribution in [0.1, 0.15) is 18.4 Å². The third-order valence-corrected chi connectivity index (χ3v) is 3.78. The molecule has 1 N–H and O–H groups in total. The Morgan fingerprint density at radius 3 is 2.88 bits per heavy atom. The summed E-state index contributed by atoms with van der Waals surface area (Å²) in [7, 11) is 4.00. The van der Waals surface area contributed by atoms with Crippen molar-refractivity contribution < 1.29 is 4.42 Å². The van der Waals surface area contributed by atoms with Gasteiger partial charge in [-0.25, -0.2) is 4.99 Å². The van der Waals surface area contributed by atoms with Crippen molar-refractivity contribution in [2.24, 2.45) is 12.0 Å². The first-order valence-corrected chi connectivity index (χ1v) is 8.30. The zero-order chi connectivity index (χ0) is 17.5. The van der Waals surface area contributed by atoms with Crippen LogP contribution in [0.15, 0.2) is 52.2 Å². The average Bonchev–Trinajstić information content (AvgIpc) is 3.12. The van der Waals surface area contributed by atoms with Gasteiger partial charge in [0.15, 0.2) is 5.96 Å². The fraction of sp³-hybridized carbons (Fsp3) is 0.389. The lowest BCUT2D eigenvalue weighted by molar-refractivity contribution is 0.456. The molecular weight excluding hydrogens is 324 g/mol. The number of halogens is 1. The van der Waals surface area contributed by atoms with Crippen LogP contribution in [0.4, 0.5) is 0 Å². The van der Waals surface area contributed by atoms with Gasteiger partial charge < -0.3 is 19.2 Å². The molecular formula is C18H25ClN4O. The number of aliphatic imine (C=N–C) groups is 1. The van der Waals surface area contributed by atoms with E-state index in [1.165, 1.54) is 0 Å². The van der Waals surface area contributed by atoms with Gasteiger partial charge in [0.25, 0.3) is 0 Å². The molecule has 6 heteroatoms. The summed E-state index contributed by atoms with van der Waals surface area (Å²) in [6.07, 6.45) is 4.40. The van der Waals surface area contributed by atoms with Gasteiger partial charge in [0.1, 0.15) is 5.76 Å². The maximum atomic E-state index is 6.06. The minimum Gasteiger partial charge on any atom is -0.469 e. The van der Waals surface area contributed by atoms with E-state index in [1.807, 2.05) is 50.0 Å². The van der Waals surface area contributed by atoms with Crippen LogP contribution in [0.3, 0.4) is 0 Å². The Morgan fingerprint density at radius 1 is 1.50 bits per heavy atom. The van der Waals surface area contributed by atoms with Gasteiger partial charge in [0, 0.05) is 39.0 Å². The van der Waals surface area contributed by atoms with Crippen LogP contribution in [0.25, 0.3) is 0 Å². The minimum absolute atomic E-state index is 0.599. The largest absolute Gasteiger partial charge is 0.469 e. The van der Waals surface area contributed by atoms with Gasteiger partial charge in [-0.3, -0.25) is 0 Å². The average molecular weight is 349 g/mol. The Kier molecular flexibility index (Phi) is 6.55. The summed E-state index contributed by atoms with van der Waals surface area (Å²) in [4.78, 5) is 6.71. The third-order valence-electron chi connectivity index (χ3n) is 3.57. The standard InChI is InChI=1S/C18H25ClN4O/c1-14(2)11-21-18(20-8-7-17-6-5-9-24-17)23(4)13-16-10-15(19)12-22(16)3/h5-6,9-10,12H,1,7-8,11,13H2,2-4H3,(H,20,21). The molecule has 0 unspecified atom stereocenters. The summed E-state index contributed by atoms with van der Waals surface area (Å²) in [5.41, 5.74) is 2.15. The van der Waals surface area contributed by atoms with Crippen molar-refractivity contribution in [2.45, 2.75) is 19.9 Å². The molecule has 0 aliphatic rings. The van der Waals surface area contributed by atoms with Crippen LogP contribution < -0.4 is 5.32 Å². The number of aromatic nitrogens is 1. The molecule has 0 radical (unpaired) electrons. The van der Waals surface area contributed by atoms with Crippen molar-refractivity contribution in [3.8, 4) is 0 Å². The van der Waals surface area contributed by atoms with Gasteiger partial charge >= 0.3 is 0 Å². The van der Waals surface area contributed by atoms with Crippen LogP contribution in [0.2, 0.25) is 5.02 Å². The fourth-order valence-electron chi connectivity index (χ4n) is 2.31. The van der Waals surface area contributed by atoms with E-state index >= 15 is 0 Å². The Labute approximate surface area is 148 Å². The van der Waals surface area contributed by atoms with Crippen molar-refractivity contribution in [1.82, 2.24) is 14.8 Å². The highest BCUT2D eigenvalue weighted by atomic mass is 35.5. The second-order valence-corrected chi connectivity index (χ2v) is 6.41. The molecule has 0 fully saturated rings. The van der Waals surface area contributed by atoms with Crippen LogP contribution in [-0.2, 0) is 20.0 Å². The number of rotatable bonds is 7.